The van der Waals surface area contributed by atoms with E-state index in [4.69, 9.17) is 0 Å². The number of benzene rings is 2. The molecule has 0 heterocycles. The molecule has 0 bridgehead atoms. The largest absolute Gasteiger partial charge is 0.143 e. The summed E-state index contributed by atoms with van der Waals surface area (Å²) in [6, 6.07) is 16.9. The smallest absolute Gasteiger partial charge is 0.00783 e. The molecule has 0 fully saturated rings. The van der Waals surface area contributed by atoms with E-state index < -0.39 is 0 Å². The van der Waals surface area contributed by atoms with E-state index in [-0.39, 0.29) is 0 Å². The van der Waals surface area contributed by atoms with Gasteiger partial charge in [-0.2, -0.15) is 0 Å². The Bertz CT molecular complexity index is 474. The summed E-state index contributed by atoms with van der Waals surface area (Å²) in [7, 11) is 0. The van der Waals surface area contributed by atoms with Crippen molar-refractivity contribution in [3.8, 4) is 0 Å². The van der Waals surface area contributed by atoms with Crippen LogP contribution in [-0.2, 0) is 0 Å². The summed E-state index contributed by atoms with van der Waals surface area (Å²) < 4.78 is 0. The van der Waals surface area contributed by atoms with Crippen LogP contribution in [0.2, 0.25) is 0 Å². The molecule has 2 rings (SSSR count). The molecule has 0 saturated heterocycles. The monoisotopic (exact) mass is 228 g/mol. The van der Waals surface area contributed by atoms with Crippen LogP contribution in [0.25, 0.3) is 0 Å². The first-order chi connectivity index (χ1) is 7.68. The molecule has 2 aromatic rings. The lowest BCUT2D eigenvalue weighted by Crippen LogP contribution is -1.97. The maximum atomic E-state index is 4.53. The summed E-state index contributed by atoms with van der Waals surface area (Å²) in [6.45, 7) is 4.35. The predicted molar refractivity (Wildman–Crippen MR) is 72.4 cm³/mol. The van der Waals surface area contributed by atoms with Crippen LogP contribution in [0.3, 0.4) is 0 Å². The van der Waals surface area contributed by atoms with Crippen LogP contribution >= 0.6 is 12.6 Å². The van der Waals surface area contributed by atoms with E-state index in [0.29, 0.717) is 5.92 Å². The molecule has 0 nitrogen and oxygen atoms in total. The van der Waals surface area contributed by atoms with E-state index >= 15 is 0 Å². The number of hydrogen-bond acceptors (Lipinski definition) is 1. The Hall–Kier alpha value is -1.21. The van der Waals surface area contributed by atoms with Crippen LogP contribution < -0.4 is 0 Å². The summed E-state index contributed by atoms with van der Waals surface area (Å²) in [5.41, 5.74) is 3.92. The van der Waals surface area contributed by atoms with Gasteiger partial charge in [-0.15, -0.1) is 12.6 Å². The predicted octanol–water partition coefficient (Wildman–Crippen LogP) is 4.44. The standard InChI is InChI=1S/C15H16S/c1-11-8-9-15(16)14(10-11)12(2)13-6-4-3-5-7-13/h3-10,12,16H,1-2H3. The molecule has 1 atom stereocenters. The lowest BCUT2D eigenvalue weighted by Gasteiger charge is -2.15. The lowest BCUT2D eigenvalue weighted by atomic mass is 9.92. The second kappa shape index (κ2) is 4.75. The number of thiol groups is 1. The summed E-state index contributed by atoms with van der Waals surface area (Å²) in [6.07, 6.45) is 0. The maximum Gasteiger partial charge on any atom is 0.00783 e. The molecule has 0 aliphatic carbocycles. The minimum Gasteiger partial charge on any atom is -0.143 e. The topological polar surface area (TPSA) is 0 Å². The van der Waals surface area contributed by atoms with Crippen LogP contribution in [0.4, 0.5) is 0 Å². The number of aryl methyl sites for hydroxylation is 1. The quantitative estimate of drug-likeness (QED) is 0.722. The van der Waals surface area contributed by atoms with Gasteiger partial charge in [-0.25, -0.2) is 0 Å². The summed E-state index contributed by atoms with van der Waals surface area (Å²) in [5.74, 6) is 0.397. The highest BCUT2D eigenvalue weighted by Gasteiger charge is 2.10. The first-order valence-electron chi connectivity index (χ1n) is 5.53. The zero-order valence-electron chi connectivity index (χ0n) is 9.64. The van der Waals surface area contributed by atoms with Gasteiger partial charge in [0.25, 0.3) is 0 Å². The van der Waals surface area contributed by atoms with Crippen molar-refractivity contribution < 1.29 is 0 Å². The zero-order valence-corrected chi connectivity index (χ0v) is 10.5. The third-order valence-corrected chi connectivity index (χ3v) is 3.36. The van der Waals surface area contributed by atoms with Gasteiger partial charge in [0.2, 0.25) is 0 Å². The Balaban J connectivity index is 2.41. The fraction of sp³-hybridized carbons (Fsp3) is 0.200. The van der Waals surface area contributed by atoms with Crippen LogP contribution in [-0.4, -0.2) is 0 Å². The van der Waals surface area contributed by atoms with Crippen molar-refractivity contribution in [2.24, 2.45) is 0 Å². The minimum atomic E-state index is 0.397. The highest BCUT2D eigenvalue weighted by Crippen LogP contribution is 2.29. The molecule has 0 radical (unpaired) electrons. The zero-order chi connectivity index (χ0) is 11.5. The second-order valence-corrected chi connectivity index (χ2v) is 4.68. The van der Waals surface area contributed by atoms with Gasteiger partial charge in [-0.1, -0.05) is 55.0 Å². The fourth-order valence-corrected chi connectivity index (χ4v) is 2.27. The van der Waals surface area contributed by atoms with Crippen molar-refractivity contribution in [1.82, 2.24) is 0 Å². The van der Waals surface area contributed by atoms with Crippen molar-refractivity contribution >= 4 is 12.6 Å². The Labute approximate surface area is 103 Å². The van der Waals surface area contributed by atoms with Gasteiger partial charge in [0.05, 0.1) is 0 Å². The lowest BCUT2D eigenvalue weighted by molar-refractivity contribution is 0.892. The van der Waals surface area contributed by atoms with Gasteiger partial charge in [0.1, 0.15) is 0 Å². The van der Waals surface area contributed by atoms with Crippen LogP contribution in [0.5, 0.6) is 0 Å². The van der Waals surface area contributed by atoms with Crippen LogP contribution in [0.1, 0.15) is 29.5 Å². The maximum absolute atomic E-state index is 4.53. The van der Waals surface area contributed by atoms with Crippen molar-refractivity contribution in [3.63, 3.8) is 0 Å². The molecule has 0 aromatic heterocycles. The van der Waals surface area contributed by atoms with Crippen LogP contribution in [0, 0.1) is 6.92 Å². The first-order valence-corrected chi connectivity index (χ1v) is 5.97. The van der Waals surface area contributed by atoms with E-state index in [1.54, 1.807) is 0 Å². The Morgan fingerprint density at radius 2 is 1.69 bits per heavy atom. The Morgan fingerprint density at radius 1 is 1.00 bits per heavy atom. The third kappa shape index (κ3) is 2.30. The normalized spacial score (nSPS) is 12.4. The average Bonchev–Trinajstić information content (AvgIpc) is 2.32. The average molecular weight is 228 g/mol. The molecule has 0 spiro atoms. The highest BCUT2D eigenvalue weighted by atomic mass is 32.1. The van der Waals surface area contributed by atoms with Crippen molar-refractivity contribution in [3.05, 3.63) is 65.2 Å². The first kappa shape index (κ1) is 11.3. The third-order valence-electron chi connectivity index (χ3n) is 2.95. The Kier molecular flexibility index (Phi) is 3.35. The molecule has 1 unspecified atom stereocenters. The summed E-state index contributed by atoms with van der Waals surface area (Å²) in [5, 5.41) is 0. The molecule has 0 aliphatic rings. The fourth-order valence-electron chi connectivity index (χ4n) is 1.94. The molecule has 16 heavy (non-hydrogen) atoms. The van der Waals surface area contributed by atoms with Gasteiger partial charge in [-0.3, -0.25) is 0 Å². The van der Waals surface area contributed by atoms with Gasteiger partial charge >= 0.3 is 0 Å². The summed E-state index contributed by atoms with van der Waals surface area (Å²) >= 11 is 4.53. The van der Waals surface area contributed by atoms with E-state index in [2.05, 4.69) is 68.9 Å². The molecule has 1 heteroatoms. The molecule has 82 valence electrons. The molecule has 2 aromatic carbocycles. The van der Waals surface area contributed by atoms with Gasteiger partial charge in [0.15, 0.2) is 0 Å². The molecule has 0 N–H and O–H groups in total. The second-order valence-electron chi connectivity index (χ2n) is 4.19. The highest BCUT2D eigenvalue weighted by molar-refractivity contribution is 7.80. The SMILES string of the molecule is Cc1ccc(S)c(C(C)c2ccccc2)c1. The van der Waals surface area contributed by atoms with E-state index in [1.807, 2.05) is 6.07 Å². The van der Waals surface area contributed by atoms with Crippen molar-refractivity contribution in [1.29, 1.82) is 0 Å². The van der Waals surface area contributed by atoms with E-state index in [9.17, 15) is 0 Å². The van der Waals surface area contributed by atoms with Gasteiger partial charge in [0, 0.05) is 10.8 Å². The van der Waals surface area contributed by atoms with Gasteiger partial charge < -0.3 is 0 Å². The molecular formula is C15H16S. The van der Waals surface area contributed by atoms with Crippen molar-refractivity contribution in [2.75, 3.05) is 0 Å². The van der Waals surface area contributed by atoms with E-state index in [1.165, 1.54) is 16.7 Å². The van der Waals surface area contributed by atoms with Gasteiger partial charge in [-0.05, 0) is 24.1 Å². The molecule has 0 aliphatic heterocycles. The Morgan fingerprint density at radius 3 is 2.38 bits per heavy atom. The van der Waals surface area contributed by atoms with E-state index in [0.717, 1.165) is 4.90 Å². The number of hydrogen-bond donors (Lipinski definition) is 1. The number of rotatable bonds is 2. The van der Waals surface area contributed by atoms with Crippen molar-refractivity contribution in [2.45, 2.75) is 24.7 Å². The molecule has 0 saturated carbocycles. The van der Waals surface area contributed by atoms with Crippen LogP contribution in [0.15, 0.2) is 53.4 Å². The summed E-state index contributed by atoms with van der Waals surface area (Å²) in [4.78, 5) is 1.07. The molecule has 0 amide bonds. The minimum absolute atomic E-state index is 0.397. The molecular weight excluding hydrogens is 212 g/mol.